The smallest absolute Gasteiger partial charge is 0.323 e. The Morgan fingerprint density at radius 2 is 2.04 bits per heavy atom. The summed E-state index contributed by atoms with van der Waals surface area (Å²) >= 11 is 5.91. The van der Waals surface area contributed by atoms with Gasteiger partial charge < -0.3 is 21.1 Å². The van der Waals surface area contributed by atoms with E-state index < -0.39 is 24.0 Å². The van der Waals surface area contributed by atoms with Crippen LogP contribution in [0, 0.1) is 5.95 Å². The fraction of sp³-hybridized carbons (Fsp3) is 0.188. The van der Waals surface area contributed by atoms with Crippen LogP contribution in [-0.2, 0) is 4.74 Å². The van der Waals surface area contributed by atoms with Crippen molar-refractivity contribution in [2.24, 2.45) is 5.73 Å². The topological polar surface area (TPSA) is 137 Å². The molecular weight excluding hydrogens is 393 g/mol. The molecule has 28 heavy (non-hydrogen) atoms. The van der Waals surface area contributed by atoms with Gasteiger partial charge in [0.25, 0.3) is 5.91 Å². The molecule has 0 aliphatic carbocycles. The lowest BCUT2D eigenvalue weighted by Gasteiger charge is -2.17. The van der Waals surface area contributed by atoms with Crippen molar-refractivity contribution in [3.8, 4) is 0 Å². The summed E-state index contributed by atoms with van der Waals surface area (Å²) in [6.45, 7) is 1.71. The van der Waals surface area contributed by atoms with Crippen molar-refractivity contribution in [2.45, 2.75) is 13.0 Å². The van der Waals surface area contributed by atoms with Crippen LogP contribution in [0.4, 0.5) is 20.6 Å². The van der Waals surface area contributed by atoms with Crippen LogP contribution in [0.25, 0.3) is 5.65 Å². The van der Waals surface area contributed by atoms with Crippen molar-refractivity contribution in [2.75, 3.05) is 17.7 Å². The number of primary amides is 1. The molecule has 146 valence electrons. The molecule has 0 aromatic carbocycles. The first-order chi connectivity index (χ1) is 13.3. The van der Waals surface area contributed by atoms with Crippen LogP contribution < -0.4 is 16.4 Å². The predicted molar refractivity (Wildman–Crippen MR) is 98.8 cm³/mol. The van der Waals surface area contributed by atoms with Crippen LogP contribution in [0.3, 0.4) is 0 Å². The number of hydrogen-bond donors (Lipinski definition) is 3. The predicted octanol–water partition coefficient (Wildman–Crippen LogP) is 2.37. The summed E-state index contributed by atoms with van der Waals surface area (Å²) < 4.78 is 20.1. The van der Waals surface area contributed by atoms with Gasteiger partial charge in [0, 0.05) is 13.2 Å². The Morgan fingerprint density at radius 3 is 2.68 bits per heavy atom. The molecule has 3 heterocycles. The van der Waals surface area contributed by atoms with Crippen molar-refractivity contribution < 1.29 is 18.7 Å². The average molecular weight is 408 g/mol. The molecule has 3 amide bonds. The summed E-state index contributed by atoms with van der Waals surface area (Å²) in [6.07, 6.45) is 2.07. The van der Waals surface area contributed by atoms with E-state index in [4.69, 9.17) is 22.1 Å². The molecule has 4 N–H and O–H groups in total. The van der Waals surface area contributed by atoms with Crippen LogP contribution in [0.5, 0.6) is 0 Å². The van der Waals surface area contributed by atoms with E-state index in [1.54, 1.807) is 6.92 Å². The first kappa shape index (κ1) is 19.5. The molecule has 0 spiro atoms. The quantitative estimate of drug-likeness (QED) is 0.593. The second-order valence-electron chi connectivity index (χ2n) is 5.67. The largest absolute Gasteiger partial charge is 0.375 e. The van der Waals surface area contributed by atoms with E-state index in [0.29, 0.717) is 5.69 Å². The molecule has 1 atom stereocenters. The highest BCUT2D eigenvalue weighted by Gasteiger charge is 2.19. The number of methoxy groups -OCH3 is 1. The maximum atomic E-state index is 13.5. The number of amides is 3. The molecular formula is C16H15ClFN7O3. The van der Waals surface area contributed by atoms with E-state index in [1.165, 1.54) is 30.1 Å². The fourth-order valence-corrected chi connectivity index (χ4v) is 2.75. The number of fused-ring (bicyclic) bond motifs is 1. The van der Waals surface area contributed by atoms with Crippen molar-refractivity contribution in [1.29, 1.82) is 0 Å². The first-order valence-electron chi connectivity index (χ1n) is 7.90. The number of ether oxygens (including phenoxy) is 1. The molecule has 10 nitrogen and oxygen atoms in total. The highest BCUT2D eigenvalue weighted by Crippen LogP contribution is 2.26. The van der Waals surface area contributed by atoms with Crippen LogP contribution in [0.2, 0.25) is 5.02 Å². The standard InChI is InChI=1S/C16H15ClFN7O3/c1-7(28-2)14-10(6-20-12-4-11(18)24-25(12)14)23-16(27)22-8-3-9(17)13(15(19)26)21-5-8/h3-7H,1-2H3,(H2,19,26)(H2,22,23,27). The zero-order chi connectivity index (χ0) is 20.4. The Balaban J connectivity index is 1.87. The van der Waals surface area contributed by atoms with Gasteiger partial charge in [0.2, 0.25) is 5.95 Å². The van der Waals surface area contributed by atoms with Gasteiger partial charge in [0.15, 0.2) is 5.65 Å². The zero-order valence-electron chi connectivity index (χ0n) is 14.7. The molecule has 3 aromatic rings. The Hall–Kier alpha value is -3.31. The number of carbonyl (C=O) groups excluding carboxylic acids is 2. The molecule has 12 heteroatoms. The lowest BCUT2D eigenvalue weighted by molar-refractivity contribution is 0.0995. The molecule has 3 rings (SSSR count). The molecule has 0 fully saturated rings. The molecule has 0 saturated carbocycles. The third-order valence-electron chi connectivity index (χ3n) is 3.81. The number of nitrogens with two attached hydrogens (primary N) is 1. The number of halogens is 2. The van der Waals surface area contributed by atoms with Crippen molar-refractivity contribution in [3.63, 3.8) is 0 Å². The summed E-state index contributed by atoms with van der Waals surface area (Å²) in [6, 6.07) is 1.84. The second kappa shape index (κ2) is 7.74. The first-order valence-corrected chi connectivity index (χ1v) is 8.28. The van der Waals surface area contributed by atoms with Gasteiger partial charge in [-0.25, -0.2) is 19.3 Å². The highest BCUT2D eigenvalue weighted by molar-refractivity contribution is 6.33. The van der Waals surface area contributed by atoms with Gasteiger partial charge in [0.1, 0.15) is 5.69 Å². The Bertz CT molecular complexity index is 1070. The average Bonchev–Trinajstić information content (AvgIpc) is 3.00. The number of nitrogens with one attached hydrogen (secondary N) is 2. The number of rotatable bonds is 5. The minimum atomic E-state index is -0.787. The maximum absolute atomic E-state index is 13.5. The number of aromatic nitrogens is 4. The van der Waals surface area contributed by atoms with Gasteiger partial charge in [0.05, 0.1) is 40.6 Å². The summed E-state index contributed by atoms with van der Waals surface area (Å²) in [4.78, 5) is 31.4. The summed E-state index contributed by atoms with van der Waals surface area (Å²) in [5.74, 6) is -1.50. The highest BCUT2D eigenvalue weighted by atomic mass is 35.5. The lowest BCUT2D eigenvalue weighted by atomic mass is 10.2. The van der Waals surface area contributed by atoms with Crippen molar-refractivity contribution in [1.82, 2.24) is 19.6 Å². The summed E-state index contributed by atoms with van der Waals surface area (Å²) in [7, 11) is 1.47. The minimum Gasteiger partial charge on any atom is -0.375 e. The number of hydrogen-bond acceptors (Lipinski definition) is 6. The SMILES string of the molecule is COC(C)c1c(NC(=O)Nc2cnc(C(N)=O)c(Cl)c2)cnc2cc(F)nn12. The number of urea groups is 1. The van der Waals surface area contributed by atoms with Crippen LogP contribution >= 0.6 is 11.6 Å². The van der Waals surface area contributed by atoms with Gasteiger partial charge in [-0.05, 0) is 13.0 Å². The summed E-state index contributed by atoms with van der Waals surface area (Å²) in [5.41, 5.74) is 6.17. The molecule has 1 unspecified atom stereocenters. The monoisotopic (exact) mass is 407 g/mol. The number of nitrogens with zero attached hydrogens (tertiary/aromatic N) is 4. The van der Waals surface area contributed by atoms with E-state index in [-0.39, 0.29) is 27.7 Å². The molecule has 0 radical (unpaired) electrons. The molecule has 3 aromatic heterocycles. The Labute approximate surface area is 162 Å². The third-order valence-corrected chi connectivity index (χ3v) is 4.10. The molecule has 0 aliphatic rings. The van der Waals surface area contributed by atoms with Crippen LogP contribution in [0.15, 0.2) is 24.5 Å². The minimum absolute atomic E-state index is 0.00547. The molecule has 0 bridgehead atoms. The Morgan fingerprint density at radius 1 is 1.29 bits per heavy atom. The van der Waals surface area contributed by atoms with Crippen molar-refractivity contribution in [3.05, 3.63) is 46.9 Å². The number of carbonyl (C=O) groups is 2. The van der Waals surface area contributed by atoms with Crippen LogP contribution in [-0.4, -0.2) is 38.6 Å². The van der Waals surface area contributed by atoms with Gasteiger partial charge in [-0.15, -0.1) is 5.10 Å². The Kier molecular flexibility index (Phi) is 5.38. The normalized spacial score (nSPS) is 12.0. The van der Waals surface area contributed by atoms with Crippen LogP contribution in [0.1, 0.15) is 29.2 Å². The van der Waals surface area contributed by atoms with Gasteiger partial charge in [-0.3, -0.25) is 4.79 Å². The molecule has 0 aliphatic heterocycles. The second-order valence-corrected chi connectivity index (χ2v) is 6.08. The third kappa shape index (κ3) is 3.85. The number of anilines is 2. The van der Waals surface area contributed by atoms with E-state index in [0.717, 1.165) is 6.07 Å². The van der Waals surface area contributed by atoms with Gasteiger partial charge in [-0.2, -0.15) is 4.39 Å². The van der Waals surface area contributed by atoms with Gasteiger partial charge >= 0.3 is 6.03 Å². The van der Waals surface area contributed by atoms with Gasteiger partial charge in [-0.1, -0.05) is 11.6 Å². The maximum Gasteiger partial charge on any atom is 0.323 e. The number of pyridine rings is 1. The van der Waals surface area contributed by atoms with E-state index in [2.05, 4.69) is 25.7 Å². The fourth-order valence-electron chi connectivity index (χ4n) is 2.49. The van der Waals surface area contributed by atoms with E-state index >= 15 is 0 Å². The molecule has 0 saturated heterocycles. The zero-order valence-corrected chi connectivity index (χ0v) is 15.5. The van der Waals surface area contributed by atoms with E-state index in [1.807, 2.05) is 0 Å². The summed E-state index contributed by atoms with van der Waals surface area (Å²) in [5, 5.41) is 8.84. The lowest BCUT2D eigenvalue weighted by Crippen LogP contribution is -2.22. The van der Waals surface area contributed by atoms with E-state index in [9.17, 15) is 14.0 Å². The van der Waals surface area contributed by atoms with Crippen molar-refractivity contribution >= 4 is 40.6 Å².